The standard InChI is InChI=1S/C12H15BrN2O2/c13-8-5-6-11(10(7-8)12(14)15-16)17-9-3-1-2-4-9/h5-7,9,16H,1-4H2,(H2,14,15). The third-order valence-corrected chi connectivity index (χ3v) is 3.41. The number of amidine groups is 1. The summed E-state index contributed by atoms with van der Waals surface area (Å²) < 4.78 is 6.76. The van der Waals surface area contributed by atoms with Gasteiger partial charge in [-0.15, -0.1) is 0 Å². The monoisotopic (exact) mass is 298 g/mol. The first kappa shape index (κ1) is 12.2. The summed E-state index contributed by atoms with van der Waals surface area (Å²) in [5.41, 5.74) is 6.26. The first-order valence-corrected chi connectivity index (χ1v) is 6.44. The second kappa shape index (κ2) is 5.40. The fraction of sp³-hybridized carbons (Fsp3) is 0.417. The Morgan fingerprint density at radius 2 is 2.12 bits per heavy atom. The molecule has 4 nitrogen and oxygen atoms in total. The van der Waals surface area contributed by atoms with Gasteiger partial charge in [-0.3, -0.25) is 0 Å². The Morgan fingerprint density at radius 1 is 1.41 bits per heavy atom. The fourth-order valence-corrected chi connectivity index (χ4v) is 2.41. The van der Waals surface area contributed by atoms with Gasteiger partial charge in [0, 0.05) is 4.47 Å². The maximum absolute atomic E-state index is 8.76. The molecule has 0 radical (unpaired) electrons. The van der Waals surface area contributed by atoms with Crippen molar-refractivity contribution in [3.8, 4) is 5.75 Å². The molecule has 0 amide bonds. The van der Waals surface area contributed by atoms with E-state index in [0.717, 1.165) is 17.3 Å². The SMILES string of the molecule is N/C(=N/O)c1cc(Br)ccc1OC1CCCC1. The van der Waals surface area contributed by atoms with E-state index in [1.54, 1.807) is 6.07 Å². The zero-order valence-corrected chi connectivity index (χ0v) is 11.0. The van der Waals surface area contributed by atoms with Crippen molar-refractivity contribution in [2.45, 2.75) is 31.8 Å². The molecular weight excluding hydrogens is 284 g/mol. The molecule has 1 aromatic rings. The zero-order chi connectivity index (χ0) is 12.3. The Labute approximate surface area is 109 Å². The van der Waals surface area contributed by atoms with E-state index in [1.807, 2.05) is 12.1 Å². The van der Waals surface area contributed by atoms with Crippen LogP contribution in [0, 0.1) is 0 Å². The molecular formula is C12H15BrN2O2. The zero-order valence-electron chi connectivity index (χ0n) is 9.40. The molecule has 3 N–H and O–H groups in total. The lowest BCUT2D eigenvalue weighted by Gasteiger charge is -2.16. The van der Waals surface area contributed by atoms with Crippen LogP contribution in [0.1, 0.15) is 31.2 Å². The van der Waals surface area contributed by atoms with E-state index in [0.29, 0.717) is 11.3 Å². The lowest BCUT2D eigenvalue weighted by atomic mass is 10.2. The van der Waals surface area contributed by atoms with Gasteiger partial charge in [-0.05, 0) is 43.9 Å². The summed E-state index contributed by atoms with van der Waals surface area (Å²) in [6.45, 7) is 0. The lowest BCUT2D eigenvalue weighted by molar-refractivity contribution is 0.209. The number of hydrogen-bond acceptors (Lipinski definition) is 3. The average Bonchev–Trinajstić information content (AvgIpc) is 2.83. The van der Waals surface area contributed by atoms with Crippen LogP contribution in [-0.4, -0.2) is 17.1 Å². The van der Waals surface area contributed by atoms with Crippen LogP contribution in [0.25, 0.3) is 0 Å². The molecule has 92 valence electrons. The van der Waals surface area contributed by atoms with Gasteiger partial charge < -0.3 is 15.7 Å². The molecule has 0 heterocycles. The molecule has 0 spiro atoms. The predicted molar refractivity (Wildman–Crippen MR) is 69.5 cm³/mol. The highest BCUT2D eigenvalue weighted by atomic mass is 79.9. The average molecular weight is 299 g/mol. The number of oxime groups is 1. The summed E-state index contributed by atoms with van der Waals surface area (Å²) in [7, 11) is 0. The number of ether oxygens (including phenoxy) is 1. The van der Waals surface area contributed by atoms with E-state index in [9.17, 15) is 0 Å². The molecule has 0 bridgehead atoms. The molecule has 17 heavy (non-hydrogen) atoms. The molecule has 2 rings (SSSR count). The van der Waals surface area contributed by atoms with Gasteiger partial charge in [0.1, 0.15) is 5.75 Å². The van der Waals surface area contributed by atoms with Crippen molar-refractivity contribution in [3.63, 3.8) is 0 Å². The molecule has 1 aliphatic rings. The number of halogens is 1. The van der Waals surface area contributed by atoms with Crippen LogP contribution in [0.2, 0.25) is 0 Å². The summed E-state index contributed by atoms with van der Waals surface area (Å²) in [5.74, 6) is 0.745. The maximum Gasteiger partial charge on any atom is 0.173 e. The van der Waals surface area contributed by atoms with Gasteiger partial charge >= 0.3 is 0 Å². The number of nitrogens with zero attached hydrogens (tertiary/aromatic N) is 1. The van der Waals surface area contributed by atoms with Crippen LogP contribution in [0.15, 0.2) is 27.8 Å². The third kappa shape index (κ3) is 2.91. The summed E-state index contributed by atoms with van der Waals surface area (Å²) in [5, 5.41) is 11.8. The second-order valence-corrected chi connectivity index (χ2v) is 5.07. The van der Waals surface area contributed by atoms with Crippen LogP contribution < -0.4 is 10.5 Å². The molecule has 1 aromatic carbocycles. The summed E-state index contributed by atoms with van der Waals surface area (Å²) in [4.78, 5) is 0. The van der Waals surface area contributed by atoms with Gasteiger partial charge in [-0.1, -0.05) is 21.1 Å². The van der Waals surface area contributed by atoms with Gasteiger partial charge in [0.25, 0.3) is 0 Å². The van der Waals surface area contributed by atoms with E-state index in [4.69, 9.17) is 15.7 Å². The maximum atomic E-state index is 8.76. The highest BCUT2D eigenvalue weighted by Crippen LogP contribution is 2.28. The van der Waals surface area contributed by atoms with E-state index >= 15 is 0 Å². The Morgan fingerprint density at radius 3 is 2.76 bits per heavy atom. The first-order valence-electron chi connectivity index (χ1n) is 5.65. The van der Waals surface area contributed by atoms with E-state index in [-0.39, 0.29) is 11.9 Å². The van der Waals surface area contributed by atoms with Crippen molar-refractivity contribution in [1.82, 2.24) is 0 Å². The highest BCUT2D eigenvalue weighted by Gasteiger charge is 2.19. The number of hydrogen-bond donors (Lipinski definition) is 2. The van der Waals surface area contributed by atoms with Crippen LogP contribution >= 0.6 is 15.9 Å². The predicted octanol–water partition coefficient (Wildman–Crippen LogP) is 2.87. The molecule has 1 fully saturated rings. The third-order valence-electron chi connectivity index (χ3n) is 2.92. The minimum atomic E-state index is 0.0688. The summed E-state index contributed by atoms with van der Waals surface area (Å²) >= 11 is 3.36. The number of rotatable bonds is 3. The molecule has 5 heteroatoms. The molecule has 1 aliphatic carbocycles. The molecule has 0 atom stereocenters. The quantitative estimate of drug-likeness (QED) is 0.390. The fourth-order valence-electron chi connectivity index (χ4n) is 2.04. The van der Waals surface area contributed by atoms with E-state index < -0.39 is 0 Å². The van der Waals surface area contributed by atoms with Crippen LogP contribution in [0.3, 0.4) is 0 Å². The highest BCUT2D eigenvalue weighted by molar-refractivity contribution is 9.10. The largest absolute Gasteiger partial charge is 0.490 e. The smallest absolute Gasteiger partial charge is 0.173 e. The lowest BCUT2D eigenvalue weighted by Crippen LogP contribution is -2.18. The van der Waals surface area contributed by atoms with Crippen molar-refractivity contribution in [3.05, 3.63) is 28.2 Å². The minimum absolute atomic E-state index is 0.0688. The van der Waals surface area contributed by atoms with Gasteiger partial charge in [-0.25, -0.2) is 0 Å². The number of nitrogens with two attached hydrogens (primary N) is 1. The molecule has 0 aromatic heterocycles. The normalized spacial score (nSPS) is 17.4. The van der Waals surface area contributed by atoms with Crippen molar-refractivity contribution in [2.24, 2.45) is 10.9 Å². The summed E-state index contributed by atoms with van der Waals surface area (Å²) in [6.07, 6.45) is 4.82. The Balaban J connectivity index is 2.25. The Kier molecular flexibility index (Phi) is 3.89. The molecule has 1 saturated carbocycles. The van der Waals surface area contributed by atoms with Gasteiger partial charge in [0.05, 0.1) is 11.7 Å². The Bertz CT molecular complexity index is 429. The minimum Gasteiger partial charge on any atom is -0.490 e. The van der Waals surface area contributed by atoms with Crippen molar-refractivity contribution in [1.29, 1.82) is 0 Å². The van der Waals surface area contributed by atoms with E-state index in [1.165, 1.54) is 12.8 Å². The second-order valence-electron chi connectivity index (χ2n) is 4.15. The van der Waals surface area contributed by atoms with Crippen molar-refractivity contribution >= 4 is 21.8 Å². The first-order chi connectivity index (χ1) is 8.20. The van der Waals surface area contributed by atoms with Crippen molar-refractivity contribution in [2.75, 3.05) is 0 Å². The van der Waals surface area contributed by atoms with Crippen LogP contribution in [-0.2, 0) is 0 Å². The topological polar surface area (TPSA) is 67.8 Å². The van der Waals surface area contributed by atoms with E-state index in [2.05, 4.69) is 21.1 Å². The molecule has 0 aliphatic heterocycles. The summed E-state index contributed by atoms with van der Waals surface area (Å²) in [6, 6.07) is 5.52. The van der Waals surface area contributed by atoms with Gasteiger partial charge in [-0.2, -0.15) is 0 Å². The van der Waals surface area contributed by atoms with Gasteiger partial charge in [0.15, 0.2) is 5.84 Å². The number of benzene rings is 1. The van der Waals surface area contributed by atoms with Gasteiger partial charge in [0.2, 0.25) is 0 Å². The van der Waals surface area contributed by atoms with Crippen LogP contribution in [0.4, 0.5) is 0 Å². The Hall–Kier alpha value is -1.23. The molecule has 0 unspecified atom stereocenters. The van der Waals surface area contributed by atoms with Crippen LogP contribution in [0.5, 0.6) is 5.75 Å². The van der Waals surface area contributed by atoms with Crippen molar-refractivity contribution < 1.29 is 9.94 Å². The molecule has 0 saturated heterocycles.